The van der Waals surface area contributed by atoms with Crippen LogP contribution in [0, 0.1) is 0 Å². The molecule has 0 aliphatic heterocycles. The van der Waals surface area contributed by atoms with Crippen LogP contribution in [-0.2, 0) is 10.4 Å². The number of aldehydes is 1. The summed E-state index contributed by atoms with van der Waals surface area (Å²) in [5.41, 5.74) is -0.706. The molecule has 0 saturated heterocycles. The van der Waals surface area contributed by atoms with Gasteiger partial charge in [0.25, 0.3) is 0 Å². The monoisotopic (exact) mass is 256 g/mol. The first-order chi connectivity index (χ1) is 9.22. The second kappa shape index (κ2) is 5.67. The molecular formula is C16H16O3. The van der Waals surface area contributed by atoms with Gasteiger partial charge in [0.05, 0.1) is 6.61 Å². The Labute approximate surface area is 112 Å². The first-order valence-electron chi connectivity index (χ1n) is 6.19. The number of hydrogen-bond donors (Lipinski definition) is 1. The average molecular weight is 256 g/mol. The van der Waals surface area contributed by atoms with Gasteiger partial charge in [-0.25, -0.2) is 0 Å². The summed E-state index contributed by atoms with van der Waals surface area (Å²) in [6.07, 6.45) is 0.542. The van der Waals surface area contributed by atoms with Crippen molar-refractivity contribution in [3.05, 3.63) is 65.7 Å². The second-order valence-corrected chi connectivity index (χ2v) is 4.18. The molecule has 3 nitrogen and oxygen atoms in total. The Balaban J connectivity index is 2.56. The molecule has 0 heterocycles. The van der Waals surface area contributed by atoms with Crippen molar-refractivity contribution in [1.29, 1.82) is 0 Å². The molecule has 0 aromatic heterocycles. The maximum absolute atomic E-state index is 11.5. The first-order valence-corrected chi connectivity index (χ1v) is 6.19. The molecule has 1 N–H and O–H groups in total. The zero-order valence-corrected chi connectivity index (χ0v) is 10.7. The number of hydrogen-bond acceptors (Lipinski definition) is 3. The van der Waals surface area contributed by atoms with E-state index in [1.54, 1.807) is 42.5 Å². The third-order valence-electron chi connectivity index (χ3n) is 2.98. The lowest BCUT2D eigenvalue weighted by Crippen LogP contribution is -2.29. The molecular weight excluding hydrogens is 240 g/mol. The van der Waals surface area contributed by atoms with E-state index in [-0.39, 0.29) is 0 Å². The predicted octanol–water partition coefficient (Wildman–Crippen LogP) is 2.52. The maximum Gasteiger partial charge on any atom is 0.174 e. The molecule has 1 unspecified atom stereocenters. The van der Waals surface area contributed by atoms with Crippen molar-refractivity contribution in [3.8, 4) is 5.75 Å². The number of carbonyl (C=O) groups excluding carboxylic acids is 1. The largest absolute Gasteiger partial charge is 0.493 e. The summed E-state index contributed by atoms with van der Waals surface area (Å²) in [5, 5.41) is 10.7. The molecule has 0 spiro atoms. The van der Waals surface area contributed by atoms with Gasteiger partial charge in [-0.15, -0.1) is 0 Å². The Morgan fingerprint density at radius 2 is 1.74 bits per heavy atom. The molecule has 0 aliphatic carbocycles. The lowest BCUT2D eigenvalue weighted by Gasteiger charge is -2.25. The summed E-state index contributed by atoms with van der Waals surface area (Å²) in [7, 11) is 0. The van der Waals surface area contributed by atoms with E-state index in [4.69, 9.17) is 4.74 Å². The smallest absolute Gasteiger partial charge is 0.174 e. The highest BCUT2D eigenvalue weighted by atomic mass is 16.5. The fourth-order valence-corrected chi connectivity index (χ4v) is 2.04. The summed E-state index contributed by atoms with van der Waals surface area (Å²) in [6, 6.07) is 15.9. The van der Waals surface area contributed by atoms with Gasteiger partial charge < -0.3 is 9.84 Å². The van der Waals surface area contributed by atoms with Crippen LogP contribution in [0.25, 0.3) is 0 Å². The number of carbonyl (C=O) groups is 1. The summed E-state index contributed by atoms with van der Waals surface area (Å²) in [6.45, 7) is 2.33. The van der Waals surface area contributed by atoms with E-state index >= 15 is 0 Å². The van der Waals surface area contributed by atoms with E-state index in [0.717, 1.165) is 0 Å². The zero-order chi connectivity index (χ0) is 13.7. The molecule has 19 heavy (non-hydrogen) atoms. The lowest BCUT2D eigenvalue weighted by molar-refractivity contribution is -0.121. The van der Waals surface area contributed by atoms with Gasteiger partial charge in [-0.2, -0.15) is 0 Å². The van der Waals surface area contributed by atoms with Crippen LogP contribution in [0.1, 0.15) is 18.1 Å². The summed E-state index contributed by atoms with van der Waals surface area (Å²) < 4.78 is 5.49. The number of aliphatic hydroxyl groups is 1. The molecule has 0 bridgehead atoms. The van der Waals surface area contributed by atoms with Crippen LogP contribution in [-0.4, -0.2) is 18.0 Å². The molecule has 0 fully saturated rings. The standard InChI is InChI=1S/C16H16O3/c1-2-19-15-11-7-6-10-14(15)16(18,12-17)13-8-4-3-5-9-13/h3-12,18H,2H2,1H3. The topological polar surface area (TPSA) is 46.5 Å². The minimum Gasteiger partial charge on any atom is -0.493 e. The Morgan fingerprint density at radius 1 is 1.11 bits per heavy atom. The highest BCUT2D eigenvalue weighted by Gasteiger charge is 2.33. The number of benzene rings is 2. The summed E-state index contributed by atoms with van der Waals surface area (Å²) in [5.74, 6) is 0.517. The van der Waals surface area contributed by atoms with Gasteiger partial charge >= 0.3 is 0 Å². The Bertz CT molecular complexity index is 551. The minimum atomic E-state index is -1.69. The maximum atomic E-state index is 11.5. The van der Waals surface area contributed by atoms with Crippen molar-refractivity contribution in [2.45, 2.75) is 12.5 Å². The van der Waals surface area contributed by atoms with Crippen LogP contribution in [0.2, 0.25) is 0 Å². The Hall–Kier alpha value is -2.13. The molecule has 1 atom stereocenters. The SMILES string of the molecule is CCOc1ccccc1C(O)(C=O)c1ccccc1. The fraction of sp³-hybridized carbons (Fsp3) is 0.188. The Kier molecular flexibility index (Phi) is 3.97. The van der Waals surface area contributed by atoms with E-state index in [9.17, 15) is 9.90 Å². The predicted molar refractivity (Wildman–Crippen MR) is 73.1 cm³/mol. The highest BCUT2D eigenvalue weighted by Crippen LogP contribution is 2.34. The van der Waals surface area contributed by atoms with Gasteiger partial charge in [0.2, 0.25) is 0 Å². The lowest BCUT2D eigenvalue weighted by atomic mass is 9.87. The number of rotatable bonds is 5. The van der Waals surface area contributed by atoms with Crippen molar-refractivity contribution in [3.63, 3.8) is 0 Å². The fourth-order valence-electron chi connectivity index (χ4n) is 2.04. The van der Waals surface area contributed by atoms with E-state index in [2.05, 4.69) is 0 Å². The van der Waals surface area contributed by atoms with Gasteiger partial charge in [-0.3, -0.25) is 4.79 Å². The minimum absolute atomic E-state index is 0.457. The van der Waals surface area contributed by atoms with Gasteiger partial charge in [0.15, 0.2) is 11.9 Å². The molecule has 98 valence electrons. The van der Waals surface area contributed by atoms with Crippen molar-refractivity contribution >= 4 is 6.29 Å². The van der Waals surface area contributed by atoms with Crippen LogP contribution < -0.4 is 4.74 Å². The van der Waals surface area contributed by atoms with Crippen LogP contribution in [0.5, 0.6) is 5.75 Å². The molecule has 0 radical (unpaired) electrons. The van der Waals surface area contributed by atoms with Crippen molar-refractivity contribution in [1.82, 2.24) is 0 Å². The van der Waals surface area contributed by atoms with Gasteiger partial charge in [-0.05, 0) is 18.6 Å². The first kappa shape index (κ1) is 13.3. The molecule has 2 aromatic rings. The van der Waals surface area contributed by atoms with E-state index in [1.807, 2.05) is 19.1 Å². The van der Waals surface area contributed by atoms with E-state index < -0.39 is 5.60 Å². The normalized spacial score (nSPS) is 13.6. The summed E-state index contributed by atoms with van der Waals surface area (Å²) in [4.78, 5) is 11.5. The second-order valence-electron chi connectivity index (χ2n) is 4.18. The van der Waals surface area contributed by atoms with Gasteiger partial charge in [-0.1, -0.05) is 48.5 Å². The quantitative estimate of drug-likeness (QED) is 0.836. The van der Waals surface area contributed by atoms with Gasteiger partial charge in [0, 0.05) is 5.56 Å². The van der Waals surface area contributed by atoms with Crippen LogP contribution in [0.4, 0.5) is 0 Å². The Morgan fingerprint density at radius 3 is 2.37 bits per heavy atom. The van der Waals surface area contributed by atoms with Gasteiger partial charge in [0.1, 0.15) is 5.75 Å². The third-order valence-corrected chi connectivity index (χ3v) is 2.98. The zero-order valence-electron chi connectivity index (χ0n) is 10.7. The van der Waals surface area contributed by atoms with Crippen molar-refractivity contribution in [2.24, 2.45) is 0 Å². The number of ether oxygens (including phenoxy) is 1. The highest BCUT2D eigenvalue weighted by molar-refractivity contribution is 5.73. The molecule has 0 amide bonds. The van der Waals surface area contributed by atoms with Crippen molar-refractivity contribution in [2.75, 3.05) is 6.61 Å². The molecule has 0 saturated carbocycles. The molecule has 2 aromatic carbocycles. The van der Waals surface area contributed by atoms with E-state index in [1.165, 1.54) is 0 Å². The van der Waals surface area contributed by atoms with Crippen molar-refractivity contribution < 1.29 is 14.6 Å². The molecule has 0 aliphatic rings. The van der Waals surface area contributed by atoms with Crippen LogP contribution >= 0.6 is 0 Å². The molecule has 2 rings (SSSR count). The number of para-hydroxylation sites is 1. The van der Waals surface area contributed by atoms with E-state index in [0.29, 0.717) is 29.8 Å². The molecule has 3 heteroatoms. The van der Waals surface area contributed by atoms with Crippen LogP contribution in [0.15, 0.2) is 54.6 Å². The summed E-state index contributed by atoms with van der Waals surface area (Å²) >= 11 is 0. The van der Waals surface area contributed by atoms with Crippen LogP contribution in [0.3, 0.4) is 0 Å². The third kappa shape index (κ3) is 2.51. The average Bonchev–Trinajstić information content (AvgIpc) is 2.48.